The Bertz CT molecular complexity index is 1770. The Morgan fingerprint density at radius 2 is 1.76 bits per heavy atom. The lowest BCUT2D eigenvalue weighted by Gasteiger charge is -2.69. The van der Waals surface area contributed by atoms with Gasteiger partial charge in [0.2, 0.25) is 5.91 Å². The number of allylic oxidation sites excluding steroid dienone is 4. The maximum absolute atomic E-state index is 14.8. The Morgan fingerprint density at radius 1 is 1.02 bits per heavy atom. The number of carbonyl (C=O) groups excluding carboxylic acids is 3. The van der Waals surface area contributed by atoms with Crippen LogP contribution in [0, 0.1) is 61.6 Å². The molecule has 5 aliphatic rings. The van der Waals surface area contributed by atoms with Gasteiger partial charge < -0.3 is 0 Å². The number of ketones is 2. The van der Waals surface area contributed by atoms with E-state index < -0.39 is 16.2 Å². The zero-order chi connectivity index (χ0) is 33.1. The van der Waals surface area contributed by atoms with Gasteiger partial charge in [-0.2, -0.15) is 5.26 Å². The highest BCUT2D eigenvalue weighted by atomic mass is 16.2. The molecule has 0 spiro atoms. The number of pyridine rings is 1. The van der Waals surface area contributed by atoms with Crippen molar-refractivity contribution in [2.24, 2.45) is 50.2 Å². The lowest BCUT2D eigenvalue weighted by atomic mass is 9.34. The number of nitriles is 1. The molecule has 3 saturated carbocycles. The molecule has 46 heavy (non-hydrogen) atoms. The smallest absolute Gasteiger partial charge is 0.238 e. The number of carbonyl (C=O) groups is 3. The van der Waals surface area contributed by atoms with Crippen LogP contribution in [0.15, 0.2) is 60.3 Å². The van der Waals surface area contributed by atoms with Gasteiger partial charge in [0.25, 0.3) is 0 Å². The van der Waals surface area contributed by atoms with E-state index in [-0.39, 0.29) is 57.0 Å². The first-order chi connectivity index (χ1) is 21.5. The van der Waals surface area contributed by atoms with Crippen LogP contribution in [0.25, 0.3) is 11.3 Å². The van der Waals surface area contributed by atoms with E-state index in [1.54, 1.807) is 23.3 Å². The zero-order valence-electron chi connectivity index (χ0n) is 28.3. The first-order valence-electron chi connectivity index (χ1n) is 17.0. The summed E-state index contributed by atoms with van der Waals surface area (Å²) < 4.78 is 1.67. The third-order valence-corrected chi connectivity index (χ3v) is 14.1. The number of nitrogens with zero attached hydrogens (tertiary/aromatic N) is 4. The van der Waals surface area contributed by atoms with Crippen LogP contribution in [-0.2, 0) is 9.59 Å². The summed E-state index contributed by atoms with van der Waals surface area (Å²) >= 11 is 0. The van der Waals surface area contributed by atoms with Crippen molar-refractivity contribution in [3.8, 4) is 17.3 Å². The monoisotopic (exact) mass is 618 g/mol. The van der Waals surface area contributed by atoms with E-state index in [4.69, 9.17) is 0 Å². The van der Waals surface area contributed by atoms with Crippen LogP contribution < -0.4 is 0 Å². The summed E-state index contributed by atoms with van der Waals surface area (Å²) in [6, 6.07) is 6.00. The average molecular weight is 619 g/mol. The second-order valence-corrected chi connectivity index (χ2v) is 17.1. The molecule has 0 aliphatic heterocycles. The van der Waals surface area contributed by atoms with E-state index in [1.807, 2.05) is 44.3 Å². The van der Waals surface area contributed by atoms with Gasteiger partial charge in [0.05, 0.1) is 16.7 Å². The van der Waals surface area contributed by atoms with Gasteiger partial charge in [0.15, 0.2) is 11.6 Å². The highest BCUT2D eigenvalue weighted by molar-refractivity contribution is 6.04. The predicted octanol–water partition coefficient (Wildman–Crippen LogP) is 7.80. The Kier molecular flexibility index (Phi) is 6.52. The molecule has 0 amide bonds. The first-order valence-corrected chi connectivity index (χ1v) is 17.0. The highest BCUT2D eigenvalue weighted by Gasteiger charge is 2.71. The van der Waals surface area contributed by atoms with E-state index in [9.17, 15) is 19.6 Å². The molecular formula is C39H46N4O3. The van der Waals surface area contributed by atoms with Crippen molar-refractivity contribution in [1.82, 2.24) is 14.5 Å². The van der Waals surface area contributed by atoms with Crippen molar-refractivity contribution in [1.29, 1.82) is 5.26 Å². The van der Waals surface area contributed by atoms with E-state index in [2.05, 4.69) is 50.7 Å². The topological polar surface area (TPSA) is 106 Å². The number of rotatable bonds is 2. The van der Waals surface area contributed by atoms with Gasteiger partial charge in [-0.25, -0.2) is 4.98 Å². The van der Waals surface area contributed by atoms with Crippen molar-refractivity contribution >= 4 is 17.5 Å². The standard InChI is InChI=1S/C39H46N4O3/c1-34(2)12-14-39(33(46)43-22-27(42-23-43)24-9-8-16-41-21-24)15-13-38(7)31(26(39)19-34)28(44)17-30-36(5)18-25(20-40)32(45)35(3,4)29(36)10-11-37(30,38)6/h8-9,16-18,21-23,26,29,31H,10-15,19H2,1-7H3. The normalized spacial score (nSPS) is 39.0. The molecule has 5 aliphatic carbocycles. The second-order valence-electron chi connectivity index (χ2n) is 17.1. The molecule has 0 N–H and O–H groups in total. The SMILES string of the molecule is CC1(C)CCC2(C(=O)n3cnc(-c4cccnc4)c3)CCC3(C)C(C(=O)C=C4C5(C)C=C(C#N)C(=O)C(C)(C)C5CCC43C)C2C1. The van der Waals surface area contributed by atoms with Gasteiger partial charge in [0, 0.05) is 40.9 Å². The number of aromatic nitrogens is 3. The van der Waals surface area contributed by atoms with E-state index in [0.717, 1.165) is 56.1 Å². The van der Waals surface area contributed by atoms with Gasteiger partial charge >= 0.3 is 0 Å². The maximum Gasteiger partial charge on any atom is 0.238 e. The molecule has 2 heterocycles. The lowest BCUT2D eigenvalue weighted by Crippen LogP contribution is -2.66. The van der Waals surface area contributed by atoms with Gasteiger partial charge in [-0.1, -0.05) is 60.1 Å². The Morgan fingerprint density at radius 3 is 2.46 bits per heavy atom. The summed E-state index contributed by atoms with van der Waals surface area (Å²) in [5.74, 6) is -0.323. The summed E-state index contributed by atoms with van der Waals surface area (Å²) in [6.07, 6.45) is 16.5. The third-order valence-electron chi connectivity index (χ3n) is 14.1. The summed E-state index contributed by atoms with van der Waals surface area (Å²) in [5.41, 5.74) is 0.266. The van der Waals surface area contributed by atoms with Crippen LogP contribution in [-0.4, -0.2) is 32.0 Å². The summed E-state index contributed by atoms with van der Waals surface area (Å²) in [7, 11) is 0. The van der Waals surface area contributed by atoms with Crippen LogP contribution in [0.3, 0.4) is 0 Å². The van der Waals surface area contributed by atoms with E-state index in [1.165, 1.54) is 0 Å². The largest absolute Gasteiger partial charge is 0.295 e. The van der Waals surface area contributed by atoms with Crippen LogP contribution >= 0.6 is 0 Å². The van der Waals surface area contributed by atoms with Crippen LogP contribution in [0.4, 0.5) is 0 Å². The fraction of sp³-hybridized carbons (Fsp3) is 0.590. The molecule has 240 valence electrons. The minimum Gasteiger partial charge on any atom is -0.295 e. The summed E-state index contributed by atoms with van der Waals surface area (Å²) in [5, 5.41) is 10.0. The fourth-order valence-corrected chi connectivity index (χ4v) is 11.4. The van der Waals surface area contributed by atoms with Gasteiger partial charge in [-0.3, -0.25) is 23.9 Å². The Hall–Kier alpha value is -3.66. The first kappa shape index (κ1) is 31.0. The van der Waals surface area contributed by atoms with E-state index >= 15 is 0 Å². The molecule has 7 atom stereocenters. The van der Waals surface area contributed by atoms with Crippen molar-refractivity contribution in [3.63, 3.8) is 0 Å². The van der Waals surface area contributed by atoms with Crippen molar-refractivity contribution in [2.45, 2.75) is 93.4 Å². The van der Waals surface area contributed by atoms with Gasteiger partial charge in [0.1, 0.15) is 12.4 Å². The Balaban J connectivity index is 1.34. The van der Waals surface area contributed by atoms with Crippen LogP contribution in [0.5, 0.6) is 0 Å². The minimum atomic E-state index is -0.696. The molecular weight excluding hydrogens is 572 g/mol. The molecule has 3 fully saturated rings. The second kappa shape index (κ2) is 9.69. The number of hydrogen-bond acceptors (Lipinski definition) is 6. The third kappa shape index (κ3) is 3.91. The number of fused-ring (bicyclic) bond motifs is 7. The average Bonchev–Trinajstić information content (AvgIpc) is 3.50. The van der Waals surface area contributed by atoms with Crippen molar-refractivity contribution < 1.29 is 14.4 Å². The number of hydrogen-bond donors (Lipinski definition) is 0. The van der Waals surface area contributed by atoms with Crippen LogP contribution in [0.2, 0.25) is 0 Å². The lowest BCUT2D eigenvalue weighted by molar-refractivity contribution is -0.164. The molecule has 2 aromatic rings. The summed E-state index contributed by atoms with van der Waals surface area (Å²) in [4.78, 5) is 51.8. The van der Waals surface area contributed by atoms with Crippen molar-refractivity contribution in [2.75, 3.05) is 0 Å². The summed E-state index contributed by atoms with van der Waals surface area (Å²) in [6.45, 7) is 15.3. The number of imidazole rings is 1. The predicted molar refractivity (Wildman–Crippen MR) is 175 cm³/mol. The zero-order valence-corrected chi connectivity index (χ0v) is 28.3. The van der Waals surface area contributed by atoms with E-state index in [0.29, 0.717) is 5.69 Å². The Labute approximate surface area is 272 Å². The molecule has 7 nitrogen and oxygen atoms in total. The van der Waals surface area contributed by atoms with Gasteiger partial charge in [-0.05, 0) is 91.2 Å². The molecule has 2 aromatic heterocycles. The highest BCUT2D eigenvalue weighted by Crippen LogP contribution is 2.74. The van der Waals surface area contributed by atoms with Gasteiger partial charge in [-0.15, -0.1) is 0 Å². The molecule has 0 bridgehead atoms. The molecule has 7 unspecified atom stereocenters. The van der Waals surface area contributed by atoms with Crippen molar-refractivity contribution in [3.05, 3.63) is 60.3 Å². The minimum absolute atomic E-state index is 0.00463. The molecule has 7 heteroatoms. The molecule has 7 rings (SSSR count). The molecule has 0 radical (unpaired) electrons. The quantitative estimate of drug-likeness (QED) is 0.340. The van der Waals surface area contributed by atoms with Crippen LogP contribution in [0.1, 0.15) is 98.2 Å². The fourth-order valence-electron chi connectivity index (χ4n) is 11.4. The maximum atomic E-state index is 14.8. The number of Topliss-reactive ketones (excluding diaryl/α,β-unsaturated/α-hetero) is 1. The molecule has 0 aromatic carbocycles. The molecule has 0 saturated heterocycles.